The third-order valence-corrected chi connectivity index (χ3v) is 5.19. The molecule has 6 heteroatoms. The van der Waals surface area contributed by atoms with Gasteiger partial charge in [0.25, 0.3) is 10.0 Å². The van der Waals surface area contributed by atoms with E-state index in [9.17, 15) is 8.42 Å². The van der Waals surface area contributed by atoms with Crippen LogP contribution in [0.1, 0.15) is 11.8 Å². The molecule has 0 amide bonds. The van der Waals surface area contributed by atoms with Gasteiger partial charge in [-0.3, -0.25) is 0 Å². The normalized spacial score (nSPS) is 11.6. The molecule has 1 heterocycles. The van der Waals surface area contributed by atoms with E-state index in [0.717, 1.165) is 11.3 Å². The molecule has 0 aliphatic heterocycles. The van der Waals surface area contributed by atoms with Crippen LogP contribution in [0, 0.1) is 11.3 Å². The second-order valence-corrected chi connectivity index (χ2v) is 6.01. The largest absolute Gasteiger partial charge is 0.252 e. The summed E-state index contributed by atoms with van der Waals surface area (Å²) < 4.78 is 24.9. The van der Waals surface area contributed by atoms with E-state index in [4.69, 9.17) is 5.26 Å². The first kappa shape index (κ1) is 11.2. The van der Waals surface area contributed by atoms with Crippen LogP contribution in [0.15, 0.2) is 16.3 Å². The molecule has 0 N–H and O–H groups in total. The summed E-state index contributed by atoms with van der Waals surface area (Å²) in [5.74, 6) is 0. The first-order chi connectivity index (χ1) is 6.52. The Balaban J connectivity index is 3.12. The Morgan fingerprint density at radius 3 is 2.64 bits per heavy atom. The molecule has 14 heavy (non-hydrogen) atoms. The van der Waals surface area contributed by atoms with Gasteiger partial charge in [0.05, 0.1) is 0 Å². The van der Waals surface area contributed by atoms with Crippen molar-refractivity contribution in [3.05, 3.63) is 17.0 Å². The van der Waals surface area contributed by atoms with Crippen LogP contribution in [-0.4, -0.2) is 26.3 Å². The lowest BCUT2D eigenvalue weighted by Crippen LogP contribution is -2.25. The fourth-order valence-electron chi connectivity index (χ4n) is 0.842. The third-order valence-electron chi connectivity index (χ3n) is 1.80. The van der Waals surface area contributed by atoms with Gasteiger partial charge in [-0.05, 0) is 12.1 Å². The van der Waals surface area contributed by atoms with Gasteiger partial charge in [-0.15, -0.1) is 11.3 Å². The smallest absolute Gasteiger partial charge is 0.206 e. The minimum Gasteiger partial charge on any atom is -0.206 e. The fraction of sp³-hybridized carbons (Fsp3) is 0.375. The number of nitrogens with zero attached hydrogens (tertiary/aromatic N) is 2. The van der Waals surface area contributed by atoms with E-state index in [-0.39, 0.29) is 4.21 Å². The first-order valence-electron chi connectivity index (χ1n) is 3.98. The highest BCUT2D eigenvalue weighted by atomic mass is 32.2. The average molecular weight is 230 g/mol. The van der Waals surface area contributed by atoms with Crippen molar-refractivity contribution in [2.75, 3.05) is 13.6 Å². The molecule has 0 saturated heterocycles. The van der Waals surface area contributed by atoms with Crippen LogP contribution < -0.4 is 0 Å². The van der Waals surface area contributed by atoms with Gasteiger partial charge in [0.2, 0.25) is 0 Å². The maximum atomic E-state index is 11.7. The summed E-state index contributed by atoms with van der Waals surface area (Å²) in [6, 6.07) is 4.89. The van der Waals surface area contributed by atoms with Crippen LogP contribution in [0.3, 0.4) is 0 Å². The second-order valence-electron chi connectivity index (χ2n) is 2.65. The summed E-state index contributed by atoms with van der Waals surface area (Å²) in [4.78, 5) is 0.410. The van der Waals surface area contributed by atoms with Crippen LogP contribution in [0.5, 0.6) is 0 Å². The van der Waals surface area contributed by atoms with Crippen molar-refractivity contribution in [2.45, 2.75) is 11.1 Å². The number of rotatable bonds is 3. The molecule has 0 spiro atoms. The molecule has 1 aromatic heterocycles. The highest BCUT2D eigenvalue weighted by Gasteiger charge is 2.21. The molecule has 0 aromatic carbocycles. The maximum absolute atomic E-state index is 11.7. The molecule has 0 saturated carbocycles. The van der Waals surface area contributed by atoms with Gasteiger partial charge in [-0.1, -0.05) is 6.92 Å². The van der Waals surface area contributed by atoms with E-state index < -0.39 is 10.0 Å². The molecule has 76 valence electrons. The quantitative estimate of drug-likeness (QED) is 0.785. The van der Waals surface area contributed by atoms with Crippen molar-refractivity contribution in [1.82, 2.24) is 4.31 Å². The molecular weight excluding hydrogens is 220 g/mol. The molecule has 0 unspecified atom stereocenters. The number of hydrogen-bond acceptors (Lipinski definition) is 4. The number of nitriles is 1. The van der Waals surface area contributed by atoms with Gasteiger partial charge < -0.3 is 0 Å². The Labute approximate surface area is 87.4 Å². The highest BCUT2D eigenvalue weighted by Crippen LogP contribution is 2.23. The molecular formula is C8H10N2O2S2. The predicted octanol–water partition coefficient (Wildman–Crippen LogP) is 1.26. The Morgan fingerprint density at radius 2 is 2.21 bits per heavy atom. The van der Waals surface area contributed by atoms with Crippen LogP contribution in [0.4, 0.5) is 0 Å². The Hall–Kier alpha value is -0.900. The lowest BCUT2D eigenvalue weighted by Gasteiger charge is -2.12. The average Bonchev–Trinajstić information content (AvgIpc) is 2.65. The van der Waals surface area contributed by atoms with Crippen molar-refractivity contribution in [3.63, 3.8) is 0 Å². The predicted molar refractivity (Wildman–Crippen MR) is 54.5 cm³/mol. The minimum absolute atomic E-state index is 0.221. The molecule has 4 nitrogen and oxygen atoms in total. The lowest BCUT2D eigenvalue weighted by atomic mass is 10.5. The van der Waals surface area contributed by atoms with E-state index in [1.54, 1.807) is 6.92 Å². The van der Waals surface area contributed by atoms with E-state index in [1.807, 2.05) is 6.07 Å². The Kier molecular flexibility index (Phi) is 3.26. The topological polar surface area (TPSA) is 61.2 Å². The third kappa shape index (κ3) is 1.95. The van der Waals surface area contributed by atoms with Gasteiger partial charge in [-0.25, -0.2) is 12.7 Å². The summed E-state index contributed by atoms with van der Waals surface area (Å²) in [5.41, 5.74) is 0. The fourth-order valence-corrected chi connectivity index (χ4v) is 3.34. The summed E-state index contributed by atoms with van der Waals surface area (Å²) >= 11 is 0.993. The summed E-state index contributed by atoms with van der Waals surface area (Å²) in [5, 5.41) is 8.56. The van der Waals surface area contributed by atoms with Crippen LogP contribution >= 0.6 is 11.3 Å². The monoisotopic (exact) mass is 230 g/mol. The zero-order valence-corrected chi connectivity index (χ0v) is 9.52. The Morgan fingerprint density at radius 1 is 1.57 bits per heavy atom. The minimum atomic E-state index is -3.38. The van der Waals surface area contributed by atoms with Gasteiger partial charge in [0.1, 0.15) is 15.2 Å². The molecule has 0 fully saturated rings. The van der Waals surface area contributed by atoms with Crippen molar-refractivity contribution >= 4 is 21.4 Å². The molecule has 0 radical (unpaired) electrons. The van der Waals surface area contributed by atoms with Crippen molar-refractivity contribution in [3.8, 4) is 6.07 Å². The van der Waals surface area contributed by atoms with Crippen LogP contribution in [0.2, 0.25) is 0 Å². The van der Waals surface area contributed by atoms with Crippen molar-refractivity contribution in [2.24, 2.45) is 0 Å². The maximum Gasteiger partial charge on any atom is 0.252 e. The van der Waals surface area contributed by atoms with Crippen LogP contribution in [0.25, 0.3) is 0 Å². The van der Waals surface area contributed by atoms with Crippen LogP contribution in [-0.2, 0) is 10.0 Å². The summed E-state index contributed by atoms with van der Waals surface area (Å²) in [6.07, 6.45) is 0. The zero-order valence-electron chi connectivity index (χ0n) is 7.89. The molecule has 1 rings (SSSR count). The summed E-state index contributed by atoms with van der Waals surface area (Å²) in [7, 11) is -1.86. The second kappa shape index (κ2) is 4.09. The molecule has 0 aliphatic carbocycles. The van der Waals surface area contributed by atoms with Crippen molar-refractivity contribution < 1.29 is 8.42 Å². The Bertz CT molecular complexity index is 456. The standard InChI is InChI=1S/C8H10N2O2S2/c1-3-10(2)14(11,12)8-5-4-7(6-9)13-8/h4-5H,3H2,1-2H3. The van der Waals surface area contributed by atoms with Gasteiger partial charge >= 0.3 is 0 Å². The zero-order chi connectivity index (χ0) is 10.8. The molecule has 0 bridgehead atoms. The SMILES string of the molecule is CCN(C)S(=O)(=O)c1ccc(C#N)s1. The van der Waals surface area contributed by atoms with E-state index >= 15 is 0 Å². The lowest BCUT2D eigenvalue weighted by molar-refractivity contribution is 0.488. The summed E-state index contributed by atoms with van der Waals surface area (Å²) in [6.45, 7) is 2.18. The van der Waals surface area contributed by atoms with E-state index in [1.165, 1.54) is 23.5 Å². The molecule has 0 aliphatic rings. The van der Waals surface area contributed by atoms with Crippen molar-refractivity contribution in [1.29, 1.82) is 5.26 Å². The van der Waals surface area contributed by atoms with E-state index in [2.05, 4.69) is 0 Å². The van der Waals surface area contributed by atoms with Gasteiger partial charge in [-0.2, -0.15) is 5.26 Å². The number of sulfonamides is 1. The number of hydrogen-bond donors (Lipinski definition) is 0. The van der Waals surface area contributed by atoms with E-state index in [0.29, 0.717) is 11.4 Å². The molecule has 1 aromatic rings. The first-order valence-corrected chi connectivity index (χ1v) is 6.24. The highest BCUT2D eigenvalue weighted by molar-refractivity contribution is 7.91. The van der Waals surface area contributed by atoms with Gasteiger partial charge in [0.15, 0.2) is 0 Å². The van der Waals surface area contributed by atoms with Gasteiger partial charge in [0, 0.05) is 13.6 Å². The number of thiophene rings is 1. The molecule has 0 atom stereocenters.